The van der Waals surface area contributed by atoms with Gasteiger partial charge in [0.2, 0.25) is 0 Å². The van der Waals surface area contributed by atoms with Crippen LogP contribution in [0.25, 0.3) is 0 Å². The van der Waals surface area contributed by atoms with Crippen molar-refractivity contribution in [3.63, 3.8) is 0 Å². The van der Waals surface area contributed by atoms with E-state index in [1.807, 2.05) is 0 Å². The number of carboxylic acid groups (broad SMARTS) is 1. The fourth-order valence-corrected chi connectivity index (χ4v) is 3.30. The van der Waals surface area contributed by atoms with Gasteiger partial charge in [0, 0.05) is 29.6 Å². The zero-order chi connectivity index (χ0) is 19.8. The lowest BCUT2D eigenvalue weighted by Crippen LogP contribution is -2.33. The Balaban J connectivity index is 2.92. The SMILES string of the molecule is COC(=O)C1=C(C)N(C)C(C)=C(C(=O)O)C1c1cccc(C)c1[N+](=O)[O-]. The first kappa shape index (κ1) is 19.2. The molecule has 1 aliphatic heterocycles. The number of esters is 1. The number of nitro benzene ring substituents is 1. The lowest BCUT2D eigenvalue weighted by atomic mass is 9.78. The molecule has 0 spiro atoms. The number of methoxy groups -OCH3 is 1. The molecule has 0 aliphatic carbocycles. The van der Waals surface area contributed by atoms with Crippen molar-refractivity contribution in [2.45, 2.75) is 26.7 Å². The Hall–Kier alpha value is -3.16. The fourth-order valence-electron chi connectivity index (χ4n) is 3.30. The highest BCUT2D eigenvalue weighted by atomic mass is 16.6. The Labute approximate surface area is 150 Å². The number of benzene rings is 1. The van der Waals surface area contributed by atoms with E-state index in [0.29, 0.717) is 17.0 Å². The summed E-state index contributed by atoms with van der Waals surface area (Å²) in [5.41, 5.74) is 1.21. The maximum Gasteiger partial charge on any atom is 0.336 e. The Morgan fingerprint density at radius 1 is 1.19 bits per heavy atom. The van der Waals surface area contributed by atoms with Crippen LogP contribution >= 0.6 is 0 Å². The molecule has 26 heavy (non-hydrogen) atoms. The predicted octanol–water partition coefficient (Wildman–Crippen LogP) is 2.74. The molecule has 1 aliphatic rings. The molecule has 138 valence electrons. The van der Waals surface area contributed by atoms with Crippen molar-refractivity contribution in [2.75, 3.05) is 14.2 Å². The third-order valence-corrected chi connectivity index (χ3v) is 4.76. The lowest BCUT2D eigenvalue weighted by molar-refractivity contribution is -0.386. The number of para-hydroxylation sites is 1. The van der Waals surface area contributed by atoms with E-state index in [1.165, 1.54) is 13.2 Å². The van der Waals surface area contributed by atoms with Crippen LogP contribution in [-0.2, 0) is 14.3 Å². The maximum absolute atomic E-state index is 12.5. The molecule has 0 aromatic heterocycles. The summed E-state index contributed by atoms with van der Waals surface area (Å²) in [5, 5.41) is 21.4. The molecule has 8 heteroatoms. The number of nitrogens with zero attached hydrogens (tertiary/aromatic N) is 2. The minimum Gasteiger partial charge on any atom is -0.478 e. The highest BCUT2D eigenvalue weighted by Crippen LogP contribution is 2.45. The monoisotopic (exact) mass is 360 g/mol. The molecular formula is C18H20N2O6. The van der Waals surface area contributed by atoms with Crippen LogP contribution in [0, 0.1) is 17.0 Å². The van der Waals surface area contributed by atoms with Gasteiger partial charge < -0.3 is 14.7 Å². The Bertz CT molecular complexity index is 868. The standard InChI is InChI=1S/C18H20N2O6/c1-9-7-6-8-12(16(9)20(24)25)15-13(17(21)22)10(2)19(4)11(3)14(15)18(23)26-5/h6-8,15H,1-5H3,(H,21,22). The van der Waals surface area contributed by atoms with Crippen molar-refractivity contribution in [2.24, 2.45) is 0 Å². The minimum atomic E-state index is -1.25. The first-order valence-corrected chi connectivity index (χ1v) is 7.84. The number of hydrogen-bond acceptors (Lipinski definition) is 6. The Kier molecular flexibility index (Phi) is 5.15. The first-order chi connectivity index (χ1) is 12.1. The van der Waals surface area contributed by atoms with Gasteiger partial charge in [-0.15, -0.1) is 0 Å². The molecule has 1 N–H and O–H groups in total. The molecule has 2 rings (SSSR count). The van der Waals surface area contributed by atoms with Crippen LogP contribution in [0.15, 0.2) is 40.7 Å². The molecule has 8 nitrogen and oxygen atoms in total. The van der Waals surface area contributed by atoms with E-state index >= 15 is 0 Å². The summed E-state index contributed by atoms with van der Waals surface area (Å²) in [6.07, 6.45) is 0. The highest BCUT2D eigenvalue weighted by molar-refractivity contribution is 5.99. The van der Waals surface area contributed by atoms with Crippen molar-refractivity contribution < 1.29 is 24.4 Å². The fraction of sp³-hybridized carbons (Fsp3) is 0.333. The van der Waals surface area contributed by atoms with Crippen LogP contribution < -0.4 is 0 Å². The van der Waals surface area contributed by atoms with Crippen molar-refractivity contribution in [1.29, 1.82) is 0 Å². The van der Waals surface area contributed by atoms with Gasteiger partial charge in [-0.25, -0.2) is 9.59 Å². The maximum atomic E-state index is 12.5. The van der Waals surface area contributed by atoms with Gasteiger partial charge in [-0.05, 0) is 20.8 Å². The molecular weight excluding hydrogens is 340 g/mol. The molecule has 0 amide bonds. The zero-order valence-corrected chi connectivity index (χ0v) is 15.2. The van der Waals surface area contributed by atoms with Crippen molar-refractivity contribution >= 4 is 17.6 Å². The summed E-state index contributed by atoms with van der Waals surface area (Å²) >= 11 is 0. The van der Waals surface area contributed by atoms with Gasteiger partial charge in [-0.2, -0.15) is 0 Å². The number of carbonyl (C=O) groups excluding carboxylic acids is 1. The molecule has 0 fully saturated rings. The van der Waals surface area contributed by atoms with Gasteiger partial charge in [0.05, 0.1) is 29.1 Å². The summed E-state index contributed by atoms with van der Waals surface area (Å²) in [4.78, 5) is 37.1. The van der Waals surface area contributed by atoms with E-state index in [0.717, 1.165) is 0 Å². The molecule has 1 aromatic rings. The summed E-state index contributed by atoms with van der Waals surface area (Å²) in [6, 6.07) is 4.66. The third kappa shape index (κ3) is 2.94. The van der Waals surface area contributed by atoms with E-state index in [9.17, 15) is 24.8 Å². The second kappa shape index (κ2) is 6.99. The van der Waals surface area contributed by atoms with E-state index in [2.05, 4.69) is 0 Å². The van der Waals surface area contributed by atoms with Gasteiger partial charge in [-0.3, -0.25) is 10.1 Å². The number of aliphatic carboxylic acids is 1. The molecule has 0 saturated carbocycles. The quantitative estimate of drug-likeness (QED) is 0.499. The average Bonchev–Trinajstić information content (AvgIpc) is 2.57. The number of allylic oxidation sites excluding steroid dienone is 2. The van der Waals surface area contributed by atoms with Gasteiger partial charge in [-0.1, -0.05) is 18.2 Å². The van der Waals surface area contributed by atoms with E-state index in [-0.39, 0.29) is 22.4 Å². The molecule has 1 aromatic carbocycles. The second-order valence-corrected chi connectivity index (χ2v) is 6.06. The second-order valence-electron chi connectivity index (χ2n) is 6.06. The molecule has 0 saturated heterocycles. The molecule has 0 radical (unpaired) electrons. The van der Waals surface area contributed by atoms with Gasteiger partial charge >= 0.3 is 11.9 Å². The number of rotatable bonds is 4. The van der Waals surface area contributed by atoms with E-state index in [1.54, 1.807) is 44.9 Å². The van der Waals surface area contributed by atoms with Gasteiger partial charge in [0.25, 0.3) is 5.69 Å². The number of aryl methyl sites for hydroxylation is 1. The number of hydrogen-bond donors (Lipinski definition) is 1. The van der Waals surface area contributed by atoms with E-state index in [4.69, 9.17) is 4.74 Å². The number of carbonyl (C=O) groups is 2. The molecule has 0 bridgehead atoms. The molecule has 1 atom stereocenters. The van der Waals surface area contributed by atoms with Gasteiger partial charge in [0.1, 0.15) is 0 Å². The van der Waals surface area contributed by atoms with Crippen LogP contribution in [0.5, 0.6) is 0 Å². The van der Waals surface area contributed by atoms with Crippen LogP contribution in [0.2, 0.25) is 0 Å². The molecule has 1 heterocycles. The highest BCUT2D eigenvalue weighted by Gasteiger charge is 2.41. The normalized spacial score (nSPS) is 17.4. The number of carboxylic acids is 1. The summed E-state index contributed by atoms with van der Waals surface area (Å²) < 4.78 is 4.85. The zero-order valence-electron chi connectivity index (χ0n) is 15.2. The van der Waals surface area contributed by atoms with Crippen molar-refractivity contribution in [3.8, 4) is 0 Å². The smallest absolute Gasteiger partial charge is 0.336 e. The lowest BCUT2D eigenvalue weighted by Gasteiger charge is -2.34. The topological polar surface area (TPSA) is 110 Å². The molecule has 1 unspecified atom stereocenters. The Morgan fingerprint density at radius 3 is 2.27 bits per heavy atom. The minimum absolute atomic E-state index is 0.0756. The van der Waals surface area contributed by atoms with Crippen LogP contribution in [0.1, 0.15) is 30.9 Å². The van der Waals surface area contributed by atoms with Crippen LogP contribution in [-0.4, -0.2) is 41.0 Å². The van der Waals surface area contributed by atoms with Crippen molar-refractivity contribution in [3.05, 3.63) is 62.0 Å². The summed E-state index contributed by atoms with van der Waals surface area (Å²) in [7, 11) is 2.83. The van der Waals surface area contributed by atoms with Crippen molar-refractivity contribution in [1.82, 2.24) is 4.90 Å². The third-order valence-electron chi connectivity index (χ3n) is 4.76. The number of nitro groups is 1. The van der Waals surface area contributed by atoms with Crippen LogP contribution in [0.3, 0.4) is 0 Å². The van der Waals surface area contributed by atoms with Gasteiger partial charge in [0.15, 0.2) is 0 Å². The average molecular weight is 360 g/mol. The predicted molar refractivity (Wildman–Crippen MR) is 93.4 cm³/mol. The largest absolute Gasteiger partial charge is 0.478 e. The van der Waals surface area contributed by atoms with Crippen LogP contribution in [0.4, 0.5) is 5.69 Å². The van der Waals surface area contributed by atoms with E-state index < -0.39 is 22.8 Å². The first-order valence-electron chi connectivity index (χ1n) is 7.84. The Morgan fingerprint density at radius 2 is 1.77 bits per heavy atom. The summed E-state index contributed by atoms with van der Waals surface area (Å²) in [5.74, 6) is -3.07. The number of ether oxygens (including phenoxy) is 1. The summed E-state index contributed by atoms with van der Waals surface area (Å²) in [6.45, 7) is 4.83.